The second-order valence-electron chi connectivity index (χ2n) is 5.05. The first-order valence-corrected chi connectivity index (χ1v) is 7.50. The fourth-order valence-corrected chi connectivity index (χ4v) is 2.87. The Morgan fingerprint density at radius 2 is 1.94 bits per heavy atom. The van der Waals surface area contributed by atoms with Crippen molar-refractivity contribution >= 4 is 28.5 Å². The normalized spacial score (nSPS) is 27.2. The largest absolute Gasteiger partial charge is 0.376 e. The van der Waals surface area contributed by atoms with Gasteiger partial charge in [-0.2, -0.15) is 0 Å². The summed E-state index contributed by atoms with van der Waals surface area (Å²) < 4.78 is 6.87. The van der Waals surface area contributed by atoms with Crippen LogP contribution < -0.4 is 5.32 Å². The molecule has 2 unspecified atom stereocenters. The fourth-order valence-electron chi connectivity index (χ4n) is 2.51. The molecule has 18 heavy (non-hydrogen) atoms. The summed E-state index contributed by atoms with van der Waals surface area (Å²) in [5.74, 6) is 0.696. The highest BCUT2D eigenvalue weighted by Gasteiger charge is 2.41. The van der Waals surface area contributed by atoms with Crippen LogP contribution in [0.25, 0.3) is 0 Å². The zero-order valence-corrected chi connectivity index (χ0v) is 12.2. The molecular formula is C14H16INO2. The predicted molar refractivity (Wildman–Crippen MR) is 77.5 cm³/mol. The van der Waals surface area contributed by atoms with Crippen LogP contribution in [0.15, 0.2) is 24.3 Å². The van der Waals surface area contributed by atoms with E-state index >= 15 is 0 Å². The highest BCUT2D eigenvalue weighted by Crippen LogP contribution is 2.38. The molecule has 2 aliphatic rings. The zero-order valence-electron chi connectivity index (χ0n) is 10.1. The van der Waals surface area contributed by atoms with E-state index in [0.717, 1.165) is 22.2 Å². The van der Waals surface area contributed by atoms with Crippen LogP contribution in [0.1, 0.15) is 29.6 Å². The number of halogens is 1. The minimum absolute atomic E-state index is 0.0209. The minimum Gasteiger partial charge on any atom is -0.376 e. The molecule has 1 aromatic rings. The maximum absolute atomic E-state index is 12.1. The lowest BCUT2D eigenvalue weighted by molar-refractivity contribution is 0.0729. The molecule has 3 nitrogen and oxygen atoms in total. The number of ether oxygens (including phenoxy) is 1. The second kappa shape index (κ2) is 5.17. The zero-order chi connectivity index (χ0) is 12.5. The second-order valence-corrected chi connectivity index (χ2v) is 6.29. The van der Waals surface area contributed by atoms with Crippen molar-refractivity contribution in [2.45, 2.75) is 31.4 Å². The van der Waals surface area contributed by atoms with E-state index in [1.54, 1.807) is 0 Å². The smallest absolute Gasteiger partial charge is 0.251 e. The molecule has 96 valence electrons. The first-order valence-electron chi connectivity index (χ1n) is 6.42. The van der Waals surface area contributed by atoms with Crippen molar-refractivity contribution in [1.82, 2.24) is 5.32 Å². The molecule has 1 saturated carbocycles. The Balaban J connectivity index is 1.64. The van der Waals surface area contributed by atoms with Gasteiger partial charge in [-0.05, 0) is 72.0 Å². The van der Waals surface area contributed by atoms with Crippen molar-refractivity contribution in [2.75, 3.05) is 6.61 Å². The predicted octanol–water partition coefficient (Wildman–Crippen LogP) is 2.59. The maximum atomic E-state index is 12.1. The molecule has 4 heteroatoms. The molecule has 1 aliphatic heterocycles. The Morgan fingerprint density at radius 1 is 1.22 bits per heavy atom. The van der Waals surface area contributed by atoms with Gasteiger partial charge in [0.15, 0.2) is 0 Å². The van der Waals surface area contributed by atoms with Gasteiger partial charge in [-0.1, -0.05) is 0 Å². The average Bonchev–Trinajstić information content (AvgIpc) is 3.11. The standard InChI is InChI=1S/C14H16INO2/c15-11-5-3-10(4-6-11)14(17)16-12-7-8-18-13(12)9-1-2-9/h3-6,9,12-13H,1-2,7-8H2,(H,16,17). The summed E-state index contributed by atoms with van der Waals surface area (Å²) in [5.41, 5.74) is 0.733. The summed E-state index contributed by atoms with van der Waals surface area (Å²) in [7, 11) is 0. The maximum Gasteiger partial charge on any atom is 0.251 e. The molecule has 2 fully saturated rings. The third-order valence-corrected chi connectivity index (χ3v) is 4.36. The van der Waals surface area contributed by atoms with Crippen molar-refractivity contribution in [2.24, 2.45) is 5.92 Å². The first-order chi connectivity index (χ1) is 8.74. The number of amides is 1. The quantitative estimate of drug-likeness (QED) is 0.845. The van der Waals surface area contributed by atoms with Crippen LogP contribution in [0, 0.1) is 9.49 Å². The Hall–Kier alpha value is -0.620. The highest BCUT2D eigenvalue weighted by molar-refractivity contribution is 14.1. The Bertz CT molecular complexity index is 442. The SMILES string of the molecule is O=C(NC1CCOC1C1CC1)c1ccc(I)cc1. The number of carbonyl (C=O) groups excluding carboxylic acids is 1. The summed E-state index contributed by atoms with van der Waals surface area (Å²) in [6.07, 6.45) is 3.69. The van der Waals surface area contributed by atoms with Crippen LogP contribution in [0.5, 0.6) is 0 Å². The molecule has 0 spiro atoms. The molecule has 1 aromatic carbocycles. The van der Waals surface area contributed by atoms with Gasteiger partial charge >= 0.3 is 0 Å². The molecule has 1 saturated heterocycles. The minimum atomic E-state index is 0.0209. The van der Waals surface area contributed by atoms with E-state index in [2.05, 4.69) is 27.9 Å². The average molecular weight is 357 g/mol. The van der Waals surface area contributed by atoms with Crippen LogP contribution in [0.3, 0.4) is 0 Å². The molecule has 1 amide bonds. The molecule has 1 heterocycles. The summed E-state index contributed by atoms with van der Waals surface area (Å²) in [6.45, 7) is 0.777. The fraction of sp³-hybridized carbons (Fsp3) is 0.500. The first kappa shape index (κ1) is 12.4. The van der Waals surface area contributed by atoms with E-state index in [1.165, 1.54) is 12.8 Å². The van der Waals surface area contributed by atoms with Crippen molar-refractivity contribution < 1.29 is 9.53 Å². The van der Waals surface area contributed by atoms with E-state index in [0.29, 0.717) is 5.92 Å². The van der Waals surface area contributed by atoms with E-state index in [-0.39, 0.29) is 18.1 Å². The van der Waals surface area contributed by atoms with Crippen LogP contribution >= 0.6 is 22.6 Å². The lowest BCUT2D eigenvalue weighted by atomic mass is 10.1. The van der Waals surface area contributed by atoms with Crippen molar-refractivity contribution in [3.8, 4) is 0 Å². The molecule has 1 aliphatic carbocycles. The van der Waals surface area contributed by atoms with Crippen molar-refractivity contribution in [3.63, 3.8) is 0 Å². The van der Waals surface area contributed by atoms with Gasteiger partial charge in [0.2, 0.25) is 0 Å². The third-order valence-electron chi connectivity index (χ3n) is 3.65. The molecule has 0 radical (unpaired) electrons. The lowest BCUT2D eigenvalue weighted by Gasteiger charge is -2.19. The Labute approximate surface area is 120 Å². The summed E-state index contributed by atoms with van der Waals surface area (Å²) in [4.78, 5) is 12.1. The third kappa shape index (κ3) is 2.69. The van der Waals surface area contributed by atoms with Gasteiger partial charge in [-0.15, -0.1) is 0 Å². The van der Waals surface area contributed by atoms with Gasteiger partial charge in [0.05, 0.1) is 12.1 Å². The summed E-state index contributed by atoms with van der Waals surface area (Å²) in [6, 6.07) is 7.86. The molecule has 1 N–H and O–H groups in total. The monoisotopic (exact) mass is 357 g/mol. The Kier molecular flexibility index (Phi) is 3.56. The number of nitrogens with one attached hydrogen (secondary N) is 1. The van der Waals surface area contributed by atoms with Gasteiger partial charge in [0.25, 0.3) is 5.91 Å². The number of carbonyl (C=O) groups is 1. The van der Waals surface area contributed by atoms with Gasteiger partial charge in [0.1, 0.15) is 0 Å². The molecule has 0 aromatic heterocycles. The number of benzene rings is 1. The van der Waals surface area contributed by atoms with E-state index in [9.17, 15) is 4.79 Å². The van der Waals surface area contributed by atoms with E-state index in [4.69, 9.17) is 4.74 Å². The summed E-state index contributed by atoms with van der Waals surface area (Å²) >= 11 is 2.24. The van der Waals surface area contributed by atoms with Gasteiger partial charge in [-0.3, -0.25) is 4.79 Å². The van der Waals surface area contributed by atoms with Crippen LogP contribution in [0.4, 0.5) is 0 Å². The van der Waals surface area contributed by atoms with Crippen LogP contribution in [-0.4, -0.2) is 24.7 Å². The number of hydrogen-bond donors (Lipinski definition) is 1. The molecule has 0 bridgehead atoms. The lowest BCUT2D eigenvalue weighted by Crippen LogP contribution is -2.41. The highest BCUT2D eigenvalue weighted by atomic mass is 127. The molecule has 3 rings (SSSR count). The van der Waals surface area contributed by atoms with Gasteiger partial charge in [-0.25, -0.2) is 0 Å². The number of rotatable bonds is 3. The van der Waals surface area contributed by atoms with Crippen LogP contribution in [-0.2, 0) is 4.74 Å². The van der Waals surface area contributed by atoms with Crippen molar-refractivity contribution in [3.05, 3.63) is 33.4 Å². The summed E-state index contributed by atoms with van der Waals surface area (Å²) in [5, 5.41) is 3.12. The van der Waals surface area contributed by atoms with Gasteiger partial charge < -0.3 is 10.1 Å². The van der Waals surface area contributed by atoms with Crippen LogP contribution in [0.2, 0.25) is 0 Å². The molecule has 2 atom stereocenters. The number of hydrogen-bond acceptors (Lipinski definition) is 2. The molecular weight excluding hydrogens is 341 g/mol. The van der Waals surface area contributed by atoms with Crippen molar-refractivity contribution in [1.29, 1.82) is 0 Å². The Morgan fingerprint density at radius 3 is 2.61 bits per heavy atom. The van der Waals surface area contributed by atoms with Gasteiger partial charge in [0, 0.05) is 15.7 Å². The van der Waals surface area contributed by atoms with E-state index < -0.39 is 0 Å². The topological polar surface area (TPSA) is 38.3 Å². The van der Waals surface area contributed by atoms with E-state index in [1.807, 2.05) is 24.3 Å².